The van der Waals surface area contributed by atoms with E-state index in [9.17, 15) is 0 Å². The van der Waals surface area contributed by atoms with Crippen LogP contribution in [0.3, 0.4) is 0 Å². The molecule has 1 aromatic heterocycles. The number of hydrogen-bond donors (Lipinski definition) is 2. The lowest BCUT2D eigenvalue weighted by Crippen LogP contribution is -2.42. The average Bonchev–Trinajstić information content (AvgIpc) is 3.11. The molecule has 0 radical (unpaired) electrons. The van der Waals surface area contributed by atoms with Gasteiger partial charge in [0.25, 0.3) is 0 Å². The van der Waals surface area contributed by atoms with Gasteiger partial charge in [0.05, 0.1) is 11.7 Å². The minimum absolute atomic E-state index is 0.424. The van der Waals surface area contributed by atoms with Crippen molar-refractivity contribution < 1.29 is 0 Å². The standard InChI is InChI=1S/C23H29N5/c1-6-13-24-18(3)17(2)10-11-22-19(4)28(21-12-15-27(22)16-21)20(5)26-23-9-7-8-14-25-23/h6-11,14,21,24H,1-3,5,12-13,15-16H2,4H3,(H,25,26)/b11-10-. The highest BCUT2D eigenvalue weighted by molar-refractivity contribution is 5.43. The van der Waals surface area contributed by atoms with Gasteiger partial charge in [0.15, 0.2) is 0 Å². The third kappa shape index (κ3) is 4.19. The van der Waals surface area contributed by atoms with Crippen molar-refractivity contribution in [3.8, 4) is 0 Å². The van der Waals surface area contributed by atoms with Crippen LogP contribution in [0.15, 0.2) is 97.4 Å². The van der Waals surface area contributed by atoms with E-state index >= 15 is 0 Å². The molecule has 5 heteroatoms. The number of anilines is 1. The molecule has 0 aromatic carbocycles. The second-order valence-corrected chi connectivity index (χ2v) is 7.02. The van der Waals surface area contributed by atoms with E-state index in [0.717, 1.165) is 42.4 Å². The van der Waals surface area contributed by atoms with Gasteiger partial charge in [0.2, 0.25) is 0 Å². The van der Waals surface area contributed by atoms with Crippen LogP contribution >= 0.6 is 0 Å². The molecule has 0 amide bonds. The molecular weight excluding hydrogens is 346 g/mol. The lowest BCUT2D eigenvalue weighted by Gasteiger charge is -2.39. The van der Waals surface area contributed by atoms with Crippen LogP contribution in [0, 0.1) is 0 Å². The molecule has 146 valence electrons. The number of rotatable bonds is 9. The van der Waals surface area contributed by atoms with Crippen molar-refractivity contribution in [2.75, 3.05) is 25.0 Å². The molecule has 0 aliphatic carbocycles. The SMILES string of the molecule is C=CCNC(=C)C(=C)/C=C\C1=C(C)N(C(=C)Nc2ccccn2)C2CCN1C2. The lowest BCUT2D eigenvalue weighted by molar-refractivity contribution is 0.269. The van der Waals surface area contributed by atoms with Crippen molar-refractivity contribution in [1.29, 1.82) is 0 Å². The highest BCUT2D eigenvalue weighted by Gasteiger charge is 2.36. The van der Waals surface area contributed by atoms with E-state index in [4.69, 9.17) is 0 Å². The Morgan fingerprint density at radius 1 is 1.32 bits per heavy atom. The zero-order chi connectivity index (χ0) is 20.1. The van der Waals surface area contributed by atoms with Crippen LogP contribution in [0.4, 0.5) is 5.82 Å². The molecule has 5 nitrogen and oxygen atoms in total. The first-order chi connectivity index (χ1) is 13.5. The summed E-state index contributed by atoms with van der Waals surface area (Å²) in [4.78, 5) is 9.07. The Balaban J connectivity index is 1.78. The van der Waals surface area contributed by atoms with Crippen LogP contribution in [0.25, 0.3) is 0 Å². The molecule has 1 saturated heterocycles. The predicted octanol–water partition coefficient (Wildman–Crippen LogP) is 3.99. The Bertz CT molecular complexity index is 834. The molecule has 1 atom stereocenters. The van der Waals surface area contributed by atoms with Crippen LogP contribution in [0.5, 0.6) is 0 Å². The Morgan fingerprint density at radius 2 is 2.14 bits per heavy atom. The molecule has 3 heterocycles. The summed E-state index contributed by atoms with van der Waals surface area (Å²) in [7, 11) is 0. The van der Waals surface area contributed by atoms with Gasteiger partial charge < -0.3 is 20.4 Å². The van der Waals surface area contributed by atoms with Crippen molar-refractivity contribution in [1.82, 2.24) is 20.1 Å². The second kappa shape index (κ2) is 8.65. The monoisotopic (exact) mass is 375 g/mol. The first-order valence-electron chi connectivity index (χ1n) is 9.54. The van der Waals surface area contributed by atoms with Gasteiger partial charge in [-0.1, -0.05) is 38.0 Å². The van der Waals surface area contributed by atoms with Crippen molar-refractivity contribution >= 4 is 5.82 Å². The van der Waals surface area contributed by atoms with Crippen molar-refractivity contribution in [3.63, 3.8) is 0 Å². The Morgan fingerprint density at radius 3 is 2.86 bits per heavy atom. The number of aromatic nitrogens is 1. The Hall–Kier alpha value is -3.21. The summed E-state index contributed by atoms with van der Waals surface area (Å²) < 4.78 is 0. The van der Waals surface area contributed by atoms with Gasteiger partial charge in [-0.25, -0.2) is 4.98 Å². The molecule has 2 bridgehead atoms. The summed E-state index contributed by atoms with van der Waals surface area (Å²) in [5.41, 5.74) is 4.04. The summed E-state index contributed by atoms with van der Waals surface area (Å²) in [6, 6.07) is 6.24. The zero-order valence-corrected chi connectivity index (χ0v) is 16.6. The Labute approximate surface area is 168 Å². The molecule has 28 heavy (non-hydrogen) atoms. The maximum Gasteiger partial charge on any atom is 0.131 e. The minimum atomic E-state index is 0.424. The van der Waals surface area contributed by atoms with E-state index in [2.05, 4.69) is 64.7 Å². The van der Waals surface area contributed by atoms with Crippen molar-refractivity contribution in [3.05, 3.63) is 97.4 Å². The van der Waals surface area contributed by atoms with Crippen LogP contribution in [-0.2, 0) is 0 Å². The van der Waals surface area contributed by atoms with Crippen LogP contribution < -0.4 is 10.6 Å². The first kappa shape index (κ1) is 19.5. The molecule has 0 spiro atoms. The Kier molecular flexibility index (Phi) is 6.04. The van der Waals surface area contributed by atoms with Crippen molar-refractivity contribution in [2.24, 2.45) is 0 Å². The smallest absolute Gasteiger partial charge is 0.131 e. The van der Waals surface area contributed by atoms with E-state index in [1.54, 1.807) is 12.3 Å². The second-order valence-electron chi connectivity index (χ2n) is 7.02. The van der Waals surface area contributed by atoms with E-state index in [1.165, 1.54) is 11.4 Å². The summed E-state index contributed by atoms with van der Waals surface area (Å²) in [5, 5.41) is 6.53. The quantitative estimate of drug-likeness (QED) is 0.505. The maximum atomic E-state index is 4.35. The topological polar surface area (TPSA) is 43.4 Å². The molecule has 3 rings (SSSR count). The summed E-state index contributed by atoms with van der Waals surface area (Å²) in [6.45, 7) is 21.0. The number of allylic oxidation sites excluding steroid dienone is 3. The third-order valence-electron chi connectivity index (χ3n) is 5.12. The highest BCUT2D eigenvalue weighted by atomic mass is 15.4. The molecule has 2 N–H and O–H groups in total. The van der Waals surface area contributed by atoms with E-state index in [0.29, 0.717) is 12.6 Å². The number of nitrogens with zero attached hydrogens (tertiary/aromatic N) is 3. The normalized spacial score (nSPS) is 18.4. The number of hydrogen-bond acceptors (Lipinski definition) is 5. The van der Waals surface area contributed by atoms with E-state index in [1.807, 2.05) is 24.3 Å². The molecule has 2 aliphatic heterocycles. The van der Waals surface area contributed by atoms with Gasteiger partial charge in [-0.15, -0.1) is 6.58 Å². The molecule has 2 aliphatic rings. The van der Waals surface area contributed by atoms with Gasteiger partial charge in [-0.2, -0.15) is 0 Å². The first-order valence-corrected chi connectivity index (χ1v) is 9.54. The van der Waals surface area contributed by atoms with Gasteiger partial charge in [0.1, 0.15) is 11.6 Å². The number of fused-ring (bicyclic) bond motifs is 2. The highest BCUT2D eigenvalue weighted by Crippen LogP contribution is 2.34. The largest absolute Gasteiger partial charge is 0.382 e. The van der Waals surface area contributed by atoms with E-state index in [-0.39, 0.29) is 0 Å². The summed E-state index contributed by atoms with van der Waals surface area (Å²) in [5.74, 6) is 1.65. The number of pyridine rings is 1. The zero-order valence-electron chi connectivity index (χ0n) is 16.6. The van der Waals surface area contributed by atoms with Gasteiger partial charge in [-0.3, -0.25) is 0 Å². The fraction of sp³-hybridized carbons (Fsp3) is 0.261. The van der Waals surface area contributed by atoms with Gasteiger partial charge in [0, 0.05) is 37.2 Å². The average molecular weight is 376 g/mol. The summed E-state index contributed by atoms with van der Waals surface area (Å²) >= 11 is 0. The van der Waals surface area contributed by atoms with Gasteiger partial charge >= 0.3 is 0 Å². The summed E-state index contributed by atoms with van der Waals surface area (Å²) in [6.07, 6.45) is 8.83. The fourth-order valence-corrected chi connectivity index (χ4v) is 3.68. The van der Waals surface area contributed by atoms with Gasteiger partial charge in [-0.05, 0) is 37.1 Å². The molecule has 1 unspecified atom stereocenters. The van der Waals surface area contributed by atoms with Crippen LogP contribution in [-0.4, -0.2) is 40.5 Å². The fourth-order valence-electron chi connectivity index (χ4n) is 3.68. The van der Waals surface area contributed by atoms with Crippen LogP contribution in [0.1, 0.15) is 13.3 Å². The minimum Gasteiger partial charge on any atom is -0.382 e. The third-order valence-corrected chi connectivity index (χ3v) is 5.12. The van der Waals surface area contributed by atoms with Crippen LogP contribution in [0.2, 0.25) is 0 Å². The number of nitrogens with one attached hydrogen (secondary N) is 2. The molecular formula is C23H29N5. The predicted molar refractivity (Wildman–Crippen MR) is 117 cm³/mol. The molecule has 1 aromatic rings. The molecule has 1 fully saturated rings. The van der Waals surface area contributed by atoms with E-state index < -0.39 is 0 Å². The maximum absolute atomic E-state index is 4.35. The molecule has 0 saturated carbocycles. The van der Waals surface area contributed by atoms with Crippen molar-refractivity contribution in [2.45, 2.75) is 19.4 Å². The lowest BCUT2D eigenvalue weighted by atomic mass is 10.1.